The van der Waals surface area contributed by atoms with Crippen LogP contribution in [0.5, 0.6) is 0 Å². The molecule has 21 heavy (non-hydrogen) atoms. The quantitative estimate of drug-likeness (QED) is 0.801. The van der Waals surface area contributed by atoms with Crippen LogP contribution < -0.4 is 0 Å². The van der Waals surface area contributed by atoms with Crippen molar-refractivity contribution in [1.82, 2.24) is 0 Å². The molecule has 0 aliphatic heterocycles. The number of carbonyl (C=O) groups excluding carboxylic acids is 1. The van der Waals surface area contributed by atoms with Gasteiger partial charge in [0.1, 0.15) is 0 Å². The number of nitrogens with zero attached hydrogens (tertiary/aromatic N) is 1. The highest BCUT2D eigenvalue weighted by molar-refractivity contribution is 5.97. The fourth-order valence-corrected chi connectivity index (χ4v) is 1.93. The Labute approximate surface area is 119 Å². The number of benzene rings is 2. The van der Waals surface area contributed by atoms with Gasteiger partial charge >= 0.3 is 6.18 Å². The first-order valence-electron chi connectivity index (χ1n) is 6.10. The number of alkyl halides is 3. The Morgan fingerprint density at radius 1 is 1.10 bits per heavy atom. The second-order valence-corrected chi connectivity index (χ2v) is 4.46. The highest BCUT2D eigenvalue weighted by atomic mass is 19.4. The molecule has 2 rings (SSSR count). The molecule has 5 heteroatoms. The summed E-state index contributed by atoms with van der Waals surface area (Å²) < 4.78 is 38.5. The maximum absolute atomic E-state index is 12.8. The molecule has 0 aliphatic carbocycles. The third-order valence-electron chi connectivity index (χ3n) is 2.97. The van der Waals surface area contributed by atoms with Gasteiger partial charge in [0.15, 0.2) is 5.78 Å². The molecule has 106 valence electrons. The molecule has 0 heterocycles. The Hall–Kier alpha value is -2.61. The van der Waals surface area contributed by atoms with Crippen LogP contribution >= 0.6 is 0 Å². The van der Waals surface area contributed by atoms with Crippen LogP contribution in [0.15, 0.2) is 48.5 Å². The second kappa shape index (κ2) is 5.80. The Kier molecular flexibility index (Phi) is 4.08. The number of hydrogen-bond acceptors (Lipinski definition) is 2. The molecule has 0 atom stereocenters. The standard InChI is InChI=1S/C16H10F3NO/c17-16(18,19)14-9-12(6-7-13(14)10-20)15(21)8-11-4-2-1-3-5-11/h1-7,9H,8H2. The van der Waals surface area contributed by atoms with Crippen LogP contribution in [0.1, 0.15) is 27.0 Å². The molecular formula is C16H10F3NO. The van der Waals surface area contributed by atoms with E-state index in [-0.39, 0.29) is 12.0 Å². The Bertz CT molecular complexity index is 700. The largest absolute Gasteiger partial charge is 0.417 e. The van der Waals surface area contributed by atoms with Gasteiger partial charge in [0.25, 0.3) is 0 Å². The zero-order valence-corrected chi connectivity index (χ0v) is 10.8. The molecule has 0 fully saturated rings. The minimum Gasteiger partial charge on any atom is -0.294 e. The number of rotatable bonds is 3. The van der Waals surface area contributed by atoms with Crippen molar-refractivity contribution in [3.8, 4) is 6.07 Å². The average Bonchev–Trinajstić information content (AvgIpc) is 2.46. The summed E-state index contributed by atoms with van der Waals surface area (Å²) in [7, 11) is 0. The number of Topliss-reactive ketones (excluding diaryl/α,β-unsaturated/α-hetero) is 1. The summed E-state index contributed by atoms with van der Waals surface area (Å²) in [6, 6.07) is 13.3. The lowest BCUT2D eigenvalue weighted by molar-refractivity contribution is -0.137. The monoisotopic (exact) mass is 289 g/mol. The van der Waals surface area contributed by atoms with E-state index in [2.05, 4.69) is 0 Å². The summed E-state index contributed by atoms with van der Waals surface area (Å²) in [4.78, 5) is 12.0. The van der Waals surface area contributed by atoms with E-state index in [0.717, 1.165) is 17.7 Å². The normalized spacial score (nSPS) is 11.0. The Morgan fingerprint density at radius 3 is 2.33 bits per heavy atom. The van der Waals surface area contributed by atoms with Crippen LogP contribution in [0, 0.1) is 11.3 Å². The number of ketones is 1. The van der Waals surface area contributed by atoms with Crippen molar-refractivity contribution in [1.29, 1.82) is 5.26 Å². The van der Waals surface area contributed by atoms with Crippen molar-refractivity contribution >= 4 is 5.78 Å². The molecule has 0 bridgehead atoms. The molecule has 0 radical (unpaired) electrons. The number of hydrogen-bond donors (Lipinski definition) is 0. The fraction of sp³-hybridized carbons (Fsp3) is 0.125. The molecule has 0 saturated carbocycles. The molecule has 2 aromatic carbocycles. The summed E-state index contributed by atoms with van der Waals surface area (Å²) in [6.07, 6.45) is -4.64. The summed E-state index contributed by atoms with van der Waals surface area (Å²) >= 11 is 0. The van der Waals surface area contributed by atoms with Gasteiger partial charge in [-0.15, -0.1) is 0 Å². The van der Waals surface area contributed by atoms with E-state index in [0.29, 0.717) is 0 Å². The van der Waals surface area contributed by atoms with Crippen molar-refractivity contribution in [3.05, 3.63) is 70.8 Å². The van der Waals surface area contributed by atoms with Crippen molar-refractivity contribution < 1.29 is 18.0 Å². The van der Waals surface area contributed by atoms with Gasteiger partial charge in [-0.05, 0) is 17.7 Å². The van der Waals surface area contributed by atoms with E-state index in [4.69, 9.17) is 5.26 Å². The van der Waals surface area contributed by atoms with Crippen LogP contribution in [-0.2, 0) is 12.6 Å². The van der Waals surface area contributed by atoms with Crippen molar-refractivity contribution in [3.63, 3.8) is 0 Å². The van der Waals surface area contributed by atoms with Gasteiger partial charge in [0.05, 0.1) is 17.2 Å². The second-order valence-electron chi connectivity index (χ2n) is 4.46. The lowest BCUT2D eigenvalue weighted by Gasteiger charge is -2.10. The first-order valence-corrected chi connectivity index (χ1v) is 6.10. The Morgan fingerprint density at radius 2 is 1.76 bits per heavy atom. The van der Waals surface area contributed by atoms with Gasteiger partial charge in [0.2, 0.25) is 0 Å². The molecule has 0 saturated heterocycles. The van der Waals surface area contributed by atoms with Crippen LogP contribution in [0.25, 0.3) is 0 Å². The highest BCUT2D eigenvalue weighted by Gasteiger charge is 2.34. The first kappa shape index (κ1) is 14.8. The maximum atomic E-state index is 12.8. The molecule has 2 aromatic rings. The molecule has 0 aromatic heterocycles. The van der Waals surface area contributed by atoms with E-state index >= 15 is 0 Å². The minimum atomic E-state index is -4.66. The van der Waals surface area contributed by atoms with Crippen molar-refractivity contribution in [2.75, 3.05) is 0 Å². The van der Waals surface area contributed by atoms with E-state index in [1.165, 1.54) is 12.1 Å². The van der Waals surface area contributed by atoms with E-state index in [1.54, 1.807) is 30.3 Å². The van der Waals surface area contributed by atoms with Gasteiger partial charge in [-0.2, -0.15) is 18.4 Å². The average molecular weight is 289 g/mol. The number of carbonyl (C=O) groups is 1. The molecule has 0 amide bonds. The van der Waals surface area contributed by atoms with E-state index < -0.39 is 23.1 Å². The highest BCUT2D eigenvalue weighted by Crippen LogP contribution is 2.32. The third kappa shape index (κ3) is 3.48. The van der Waals surface area contributed by atoms with Crippen LogP contribution in [-0.4, -0.2) is 5.78 Å². The number of nitriles is 1. The van der Waals surface area contributed by atoms with Crippen LogP contribution in [0.3, 0.4) is 0 Å². The summed E-state index contributed by atoms with van der Waals surface area (Å²) in [5, 5.41) is 8.71. The van der Waals surface area contributed by atoms with E-state index in [9.17, 15) is 18.0 Å². The Balaban J connectivity index is 2.33. The zero-order valence-electron chi connectivity index (χ0n) is 10.8. The van der Waals surface area contributed by atoms with Crippen molar-refractivity contribution in [2.45, 2.75) is 12.6 Å². The predicted octanol–water partition coefficient (Wildman–Crippen LogP) is 4.00. The topological polar surface area (TPSA) is 40.9 Å². The molecule has 2 nitrogen and oxygen atoms in total. The van der Waals surface area contributed by atoms with Crippen molar-refractivity contribution in [2.24, 2.45) is 0 Å². The van der Waals surface area contributed by atoms with Gasteiger partial charge in [-0.25, -0.2) is 0 Å². The summed E-state index contributed by atoms with van der Waals surface area (Å²) in [5.74, 6) is -0.420. The van der Waals surface area contributed by atoms with Gasteiger partial charge in [-0.1, -0.05) is 36.4 Å². The smallest absolute Gasteiger partial charge is 0.294 e. The third-order valence-corrected chi connectivity index (χ3v) is 2.97. The molecule has 0 aliphatic rings. The lowest BCUT2D eigenvalue weighted by Crippen LogP contribution is -2.11. The van der Waals surface area contributed by atoms with Crippen LogP contribution in [0.4, 0.5) is 13.2 Å². The van der Waals surface area contributed by atoms with E-state index in [1.807, 2.05) is 0 Å². The summed E-state index contributed by atoms with van der Waals surface area (Å²) in [5.41, 5.74) is -0.895. The minimum absolute atomic E-state index is 0.0179. The van der Waals surface area contributed by atoms with Gasteiger partial charge in [0, 0.05) is 12.0 Å². The first-order chi connectivity index (χ1) is 9.91. The van der Waals surface area contributed by atoms with Gasteiger partial charge < -0.3 is 0 Å². The predicted molar refractivity (Wildman–Crippen MR) is 70.6 cm³/mol. The van der Waals surface area contributed by atoms with Crippen LogP contribution in [0.2, 0.25) is 0 Å². The fourth-order valence-electron chi connectivity index (χ4n) is 1.93. The SMILES string of the molecule is N#Cc1ccc(C(=O)Cc2ccccc2)cc1C(F)(F)F. The lowest BCUT2D eigenvalue weighted by atomic mass is 9.98. The zero-order chi connectivity index (χ0) is 15.5. The number of halogens is 3. The maximum Gasteiger partial charge on any atom is 0.417 e. The summed E-state index contributed by atoms with van der Waals surface area (Å²) in [6.45, 7) is 0. The molecule has 0 spiro atoms. The molecule has 0 unspecified atom stereocenters. The molecular weight excluding hydrogens is 279 g/mol. The van der Waals surface area contributed by atoms with Gasteiger partial charge in [-0.3, -0.25) is 4.79 Å². The molecule has 0 N–H and O–H groups in total.